The highest BCUT2D eigenvalue weighted by atomic mass is 35.5. The maximum absolute atomic E-state index is 10.7. The van der Waals surface area contributed by atoms with Crippen LogP contribution in [0.3, 0.4) is 0 Å². The normalized spacial score (nSPS) is 11.3. The summed E-state index contributed by atoms with van der Waals surface area (Å²) in [4.78, 5) is 9.20. The Morgan fingerprint density at radius 2 is 2.07 bits per heavy atom. The van der Waals surface area contributed by atoms with E-state index in [0.29, 0.717) is 0 Å². The van der Waals surface area contributed by atoms with Gasteiger partial charge in [0.05, 0.1) is 9.92 Å². The van der Waals surface area contributed by atoms with Crippen LogP contribution in [-0.4, -0.2) is 17.9 Å². The molecule has 8 heteroatoms. The first-order valence-electron chi connectivity index (χ1n) is 3.68. The molecule has 0 unspecified atom stereocenters. The van der Waals surface area contributed by atoms with E-state index in [9.17, 15) is 18.5 Å². The van der Waals surface area contributed by atoms with Crippen molar-refractivity contribution in [2.24, 2.45) is 0 Å². The van der Waals surface area contributed by atoms with Gasteiger partial charge in [-0.15, -0.1) is 0 Å². The summed E-state index contributed by atoms with van der Waals surface area (Å²) in [6.07, 6.45) is 0. The SMILES string of the molecule is O=[N+]([O-])Cc1ccc(S(=O)(=O)O)cc1Cl. The molecule has 0 saturated heterocycles. The number of hydrogen-bond donors (Lipinski definition) is 1. The Hall–Kier alpha value is -1.18. The van der Waals surface area contributed by atoms with Gasteiger partial charge in [0.2, 0.25) is 6.54 Å². The number of nitro groups is 1. The van der Waals surface area contributed by atoms with E-state index in [-0.39, 0.29) is 15.5 Å². The Kier molecular flexibility index (Phi) is 3.28. The van der Waals surface area contributed by atoms with Gasteiger partial charge in [-0.05, 0) is 18.2 Å². The van der Waals surface area contributed by atoms with Crippen molar-refractivity contribution in [3.63, 3.8) is 0 Å². The van der Waals surface area contributed by atoms with Crippen molar-refractivity contribution < 1.29 is 17.9 Å². The molecular formula is C7H6ClNO5S. The molecule has 82 valence electrons. The van der Waals surface area contributed by atoms with E-state index >= 15 is 0 Å². The van der Waals surface area contributed by atoms with Crippen LogP contribution in [-0.2, 0) is 16.7 Å². The van der Waals surface area contributed by atoms with Gasteiger partial charge in [-0.3, -0.25) is 14.7 Å². The van der Waals surface area contributed by atoms with Crippen molar-refractivity contribution in [3.05, 3.63) is 38.9 Å². The van der Waals surface area contributed by atoms with Crippen molar-refractivity contribution in [1.82, 2.24) is 0 Å². The minimum absolute atomic E-state index is 0.0678. The third kappa shape index (κ3) is 3.15. The van der Waals surface area contributed by atoms with Crippen molar-refractivity contribution in [1.29, 1.82) is 0 Å². The lowest BCUT2D eigenvalue weighted by Crippen LogP contribution is -2.02. The molecule has 6 nitrogen and oxygen atoms in total. The third-order valence-corrected chi connectivity index (χ3v) is 2.82. The minimum atomic E-state index is -4.32. The molecule has 0 heterocycles. The maximum Gasteiger partial charge on any atom is 0.294 e. The van der Waals surface area contributed by atoms with E-state index in [1.165, 1.54) is 6.07 Å². The Morgan fingerprint density at radius 1 is 1.47 bits per heavy atom. The molecule has 1 rings (SSSR count). The average Bonchev–Trinajstić information content (AvgIpc) is 2.05. The number of hydrogen-bond acceptors (Lipinski definition) is 4. The Labute approximate surface area is 90.4 Å². The first-order chi connectivity index (χ1) is 6.80. The quantitative estimate of drug-likeness (QED) is 0.497. The lowest BCUT2D eigenvalue weighted by Gasteiger charge is -2.01. The highest BCUT2D eigenvalue weighted by Gasteiger charge is 2.13. The van der Waals surface area contributed by atoms with Crippen molar-refractivity contribution in [2.75, 3.05) is 0 Å². The fourth-order valence-corrected chi connectivity index (χ4v) is 1.77. The molecule has 0 saturated carbocycles. The molecule has 1 aromatic carbocycles. The predicted molar refractivity (Wildman–Crippen MR) is 52.0 cm³/mol. The molecule has 0 bridgehead atoms. The number of halogens is 1. The minimum Gasteiger partial charge on any atom is -0.282 e. The summed E-state index contributed by atoms with van der Waals surface area (Å²) in [5.74, 6) is 0. The van der Waals surface area contributed by atoms with Gasteiger partial charge in [0.1, 0.15) is 0 Å². The highest BCUT2D eigenvalue weighted by molar-refractivity contribution is 7.85. The summed E-state index contributed by atoms with van der Waals surface area (Å²) in [6, 6.07) is 3.21. The fraction of sp³-hybridized carbons (Fsp3) is 0.143. The lowest BCUT2D eigenvalue weighted by atomic mass is 10.2. The number of nitrogens with zero attached hydrogens (tertiary/aromatic N) is 1. The van der Waals surface area contributed by atoms with Gasteiger partial charge in [-0.2, -0.15) is 8.42 Å². The molecule has 0 atom stereocenters. The van der Waals surface area contributed by atoms with Crippen LogP contribution in [0.2, 0.25) is 5.02 Å². The highest BCUT2D eigenvalue weighted by Crippen LogP contribution is 2.21. The van der Waals surface area contributed by atoms with E-state index in [2.05, 4.69) is 0 Å². The van der Waals surface area contributed by atoms with Crippen LogP contribution in [0.15, 0.2) is 23.1 Å². The van der Waals surface area contributed by atoms with Crippen LogP contribution in [0.1, 0.15) is 5.56 Å². The van der Waals surface area contributed by atoms with Gasteiger partial charge in [-0.1, -0.05) is 11.6 Å². The molecule has 0 aliphatic heterocycles. The second-order valence-electron chi connectivity index (χ2n) is 2.72. The fourth-order valence-electron chi connectivity index (χ4n) is 0.956. The molecule has 0 radical (unpaired) electrons. The van der Waals surface area contributed by atoms with E-state index in [4.69, 9.17) is 16.2 Å². The van der Waals surface area contributed by atoms with Crippen molar-refractivity contribution in [3.8, 4) is 0 Å². The molecule has 0 amide bonds. The zero-order chi connectivity index (χ0) is 11.6. The second kappa shape index (κ2) is 4.13. The molecule has 0 aromatic heterocycles. The van der Waals surface area contributed by atoms with Gasteiger partial charge in [0.25, 0.3) is 10.1 Å². The van der Waals surface area contributed by atoms with Crippen LogP contribution in [0.4, 0.5) is 0 Å². The van der Waals surface area contributed by atoms with E-state index in [0.717, 1.165) is 12.1 Å². The van der Waals surface area contributed by atoms with E-state index in [1.807, 2.05) is 0 Å². The van der Waals surface area contributed by atoms with Crippen molar-refractivity contribution in [2.45, 2.75) is 11.4 Å². The lowest BCUT2D eigenvalue weighted by molar-refractivity contribution is -0.496. The smallest absolute Gasteiger partial charge is 0.282 e. The van der Waals surface area contributed by atoms with Gasteiger partial charge >= 0.3 is 0 Å². The largest absolute Gasteiger partial charge is 0.294 e. The molecule has 15 heavy (non-hydrogen) atoms. The first-order valence-corrected chi connectivity index (χ1v) is 5.50. The Bertz CT molecular complexity index is 498. The molecule has 1 aromatic rings. The van der Waals surface area contributed by atoms with Gasteiger partial charge in [0, 0.05) is 10.5 Å². The summed E-state index contributed by atoms with van der Waals surface area (Å²) in [7, 11) is -4.32. The zero-order valence-corrected chi connectivity index (χ0v) is 8.83. The van der Waals surface area contributed by atoms with Crippen LogP contribution >= 0.6 is 11.6 Å². The summed E-state index contributed by atoms with van der Waals surface area (Å²) in [6.45, 7) is -0.495. The topological polar surface area (TPSA) is 97.5 Å². The Morgan fingerprint density at radius 3 is 2.47 bits per heavy atom. The van der Waals surface area contributed by atoms with Gasteiger partial charge < -0.3 is 0 Å². The molecule has 0 aliphatic carbocycles. The zero-order valence-electron chi connectivity index (χ0n) is 7.25. The Balaban J connectivity index is 3.15. The monoisotopic (exact) mass is 251 g/mol. The average molecular weight is 252 g/mol. The maximum atomic E-state index is 10.7. The van der Waals surface area contributed by atoms with E-state index in [1.54, 1.807) is 0 Å². The standard InChI is InChI=1S/C7H6ClNO5S/c8-7-3-6(15(12,13)14)2-1-5(7)4-9(10)11/h1-3H,4H2,(H,12,13,14). The molecule has 0 fully saturated rings. The molecular weight excluding hydrogens is 246 g/mol. The van der Waals surface area contributed by atoms with E-state index < -0.39 is 21.6 Å². The summed E-state index contributed by atoms with van der Waals surface area (Å²) in [5, 5.41) is 10.1. The van der Waals surface area contributed by atoms with Crippen LogP contribution in [0.25, 0.3) is 0 Å². The summed E-state index contributed by atoms with van der Waals surface area (Å²) in [5.41, 5.74) is 0.189. The number of benzene rings is 1. The van der Waals surface area contributed by atoms with Crippen LogP contribution < -0.4 is 0 Å². The molecule has 0 spiro atoms. The molecule has 1 N–H and O–H groups in total. The van der Waals surface area contributed by atoms with Gasteiger partial charge in [0.15, 0.2) is 0 Å². The third-order valence-electron chi connectivity index (χ3n) is 1.62. The summed E-state index contributed by atoms with van der Waals surface area (Å²) >= 11 is 5.60. The van der Waals surface area contributed by atoms with Crippen molar-refractivity contribution >= 4 is 21.7 Å². The predicted octanol–water partition coefficient (Wildman–Crippen LogP) is 1.36. The van der Waals surface area contributed by atoms with Crippen LogP contribution in [0, 0.1) is 10.1 Å². The second-order valence-corrected chi connectivity index (χ2v) is 4.55. The summed E-state index contributed by atoms with van der Waals surface area (Å²) < 4.78 is 30.0. The molecule has 0 aliphatic rings. The number of rotatable bonds is 3. The van der Waals surface area contributed by atoms with Gasteiger partial charge in [-0.25, -0.2) is 0 Å². The first kappa shape index (κ1) is 11.9. The van der Waals surface area contributed by atoms with Crippen LogP contribution in [0.5, 0.6) is 0 Å².